The molecule has 2 unspecified atom stereocenters. The maximum absolute atomic E-state index is 10.5. The average molecular weight is 187 g/mol. The first kappa shape index (κ1) is 12.6. The van der Waals surface area contributed by atoms with Crippen molar-refractivity contribution in [1.29, 1.82) is 0 Å². The Kier molecular flexibility index (Phi) is 6.77. The third kappa shape index (κ3) is 4.36. The molecule has 2 atom stereocenters. The van der Waals surface area contributed by atoms with Crippen LogP contribution in [0.4, 0.5) is 0 Å². The minimum absolute atomic E-state index is 0.00176. The monoisotopic (exact) mass is 187 g/mol. The van der Waals surface area contributed by atoms with Gasteiger partial charge in [-0.05, 0) is 12.3 Å². The van der Waals surface area contributed by atoms with Crippen LogP contribution in [0.2, 0.25) is 0 Å². The number of aliphatic hydroxyl groups is 1. The Bertz CT molecular complexity index is 135. The van der Waals surface area contributed by atoms with Crippen LogP contribution in [0.3, 0.4) is 0 Å². The van der Waals surface area contributed by atoms with Crippen molar-refractivity contribution in [1.82, 2.24) is 0 Å². The van der Waals surface area contributed by atoms with E-state index < -0.39 is 0 Å². The van der Waals surface area contributed by atoms with Gasteiger partial charge in [0.15, 0.2) is 0 Å². The second kappa shape index (κ2) is 7.01. The molecule has 0 radical (unpaired) electrons. The van der Waals surface area contributed by atoms with Crippen LogP contribution in [0.5, 0.6) is 0 Å². The highest BCUT2D eigenvalue weighted by Crippen LogP contribution is 2.21. The predicted octanol–water partition coefficient (Wildman–Crippen LogP) is 2.58. The van der Waals surface area contributed by atoms with Crippen molar-refractivity contribution < 1.29 is 5.11 Å². The summed E-state index contributed by atoms with van der Waals surface area (Å²) in [7, 11) is 0. The molecule has 0 saturated carbocycles. The van der Waals surface area contributed by atoms with Crippen LogP contribution < -0.4 is 0 Å². The zero-order chi connectivity index (χ0) is 10.3. The van der Waals surface area contributed by atoms with Gasteiger partial charge in [-0.2, -0.15) is 4.91 Å². The molecule has 0 aromatic heterocycles. The maximum Gasteiger partial charge on any atom is 0.0969 e. The smallest absolute Gasteiger partial charge is 0.0969 e. The van der Waals surface area contributed by atoms with Gasteiger partial charge in [-0.1, -0.05) is 38.8 Å². The Morgan fingerprint density at radius 3 is 2.15 bits per heavy atom. The van der Waals surface area contributed by atoms with E-state index in [1.807, 2.05) is 6.92 Å². The van der Waals surface area contributed by atoms with E-state index >= 15 is 0 Å². The van der Waals surface area contributed by atoms with Crippen LogP contribution in [0, 0.1) is 16.7 Å². The van der Waals surface area contributed by atoms with E-state index in [-0.39, 0.29) is 18.6 Å². The van der Waals surface area contributed by atoms with Gasteiger partial charge in [0.2, 0.25) is 0 Å². The number of nitrogens with zero attached hydrogens (tertiary/aromatic N) is 1. The molecule has 0 aliphatic heterocycles. The highest BCUT2D eigenvalue weighted by Gasteiger charge is 2.20. The molecule has 0 heterocycles. The Morgan fingerprint density at radius 2 is 1.85 bits per heavy atom. The summed E-state index contributed by atoms with van der Waals surface area (Å²) in [6.45, 7) is 6.17. The van der Waals surface area contributed by atoms with Crippen LogP contribution in [0.1, 0.15) is 40.0 Å². The SMILES string of the molecule is CCC(CC)CC(N=O)C(C)CO. The van der Waals surface area contributed by atoms with Crippen molar-refractivity contribution in [3.05, 3.63) is 4.91 Å². The van der Waals surface area contributed by atoms with E-state index in [9.17, 15) is 4.91 Å². The van der Waals surface area contributed by atoms with Crippen LogP contribution in [0.25, 0.3) is 0 Å². The molecule has 0 aliphatic carbocycles. The van der Waals surface area contributed by atoms with Crippen molar-refractivity contribution in [2.24, 2.45) is 17.0 Å². The molecule has 3 heteroatoms. The first-order valence-corrected chi connectivity index (χ1v) is 5.12. The Labute approximate surface area is 80.5 Å². The minimum atomic E-state index is -0.213. The normalized spacial score (nSPS) is 15.8. The second-order valence-corrected chi connectivity index (χ2v) is 3.75. The van der Waals surface area contributed by atoms with E-state index in [0.29, 0.717) is 5.92 Å². The maximum atomic E-state index is 10.5. The molecular weight excluding hydrogens is 166 g/mol. The van der Waals surface area contributed by atoms with E-state index in [0.717, 1.165) is 19.3 Å². The lowest BCUT2D eigenvalue weighted by molar-refractivity contribution is 0.202. The molecule has 0 fully saturated rings. The lowest BCUT2D eigenvalue weighted by atomic mass is 9.89. The Hall–Kier alpha value is -0.440. The van der Waals surface area contributed by atoms with Gasteiger partial charge in [-0.15, -0.1) is 0 Å². The average Bonchev–Trinajstić information content (AvgIpc) is 2.19. The fraction of sp³-hybridized carbons (Fsp3) is 1.00. The summed E-state index contributed by atoms with van der Waals surface area (Å²) in [4.78, 5) is 10.5. The van der Waals surface area contributed by atoms with Crippen LogP contribution in [0.15, 0.2) is 5.18 Å². The van der Waals surface area contributed by atoms with E-state index in [2.05, 4.69) is 19.0 Å². The Morgan fingerprint density at radius 1 is 1.31 bits per heavy atom. The fourth-order valence-corrected chi connectivity index (χ4v) is 1.46. The van der Waals surface area contributed by atoms with Gasteiger partial charge in [-0.3, -0.25) is 0 Å². The predicted molar refractivity (Wildman–Crippen MR) is 54.5 cm³/mol. The molecule has 0 rings (SSSR count). The van der Waals surface area contributed by atoms with Gasteiger partial charge in [0, 0.05) is 12.5 Å². The van der Waals surface area contributed by atoms with E-state index in [1.165, 1.54) is 0 Å². The number of rotatable bonds is 7. The molecular formula is C10H21NO2. The van der Waals surface area contributed by atoms with Gasteiger partial charge in [-0.25, -0.2) is 0 Å². The first-order chi connectivity index (χ1) is 6.19. The third-order valence-electron chi connectivity index (χ3n) is 2.81. The molecule has 78 valence electrons. The summed E-state index contributed by atoms with van der Waals surface area (Å²) in [6.07, 6.45) is 2.99. The number of nitroso groups, excluding NO2 is 1. The van der Waals surface area contributed by atoms with Crippen molar-refractivity contribution in [2.45, 2.75) is 46.1 Å². The lowest BCUT2D eigenvalue weighted by Gasteiger charge is -2.19. The molecule has 0 aromatic rings. The third-order valence-corrected chi connectivity index (χ3v) is 2.81. The van der Waals surface area contributed by atoms with Crippen LogP contribution in [-0.4, -0.2) is 17.8 Å². The van der Waals surface area contributed by atoms with Crippen LogP contribution >= 0.6 is 0 Å². The standard InChI is InChI=1S/C10H21NO2/c1-4-9(5-2)6-10(11-13)8(3)7-12/h8-10,12H,4-7H2,1-3H3. The van der Waals surface area contributed by atoms with E-state index in [1.54, 1.807) is 0 Å². The molecule has 0 saturated heterocycles. The molecule has 3 nitrogen and oxygen atoms in total. The van der Waals surface area contributed by atoms with Gasteiger partial charge < -0.3 is 5.11 Å². The van der Waals surface area contributed by atoms with Crippen molar-refractivity contribution in [2.75, 3.05) is 6.61 Å². The summed E-state index contributed by atoms with van der Waals surface area (Å²) in [5.74, 6) is 0.565. The number of aliphatic hydroxyl groups excluding tert-OH is 1. The van der Waals surface area contributed by atoms with Gasteiger partial charge in [0.25, 0.3) is 0 Å². The quantitative estimate of drug-likeness (QED) is 0.623. The summed E-state index contributed by atoms with van der Waals surface area (Å²) >= 11 is 0. The van der Waals surface area contributed by atoms with Crippen molar-refractivity contribution >= 4 is 0 Å². The first-order valence-electron chi connectivity index (χ1n) is 5.12. The Balaban J connectivity index is 4.02. The summed E-state index contributed by atoms with van der Waals surface area (Å²) in [5.41, 5.74) is 0. The topological polar surface area (TPSA) is 49.7 Å². The van der Waals surface area contributed by atoms with Crippen molar-refractivity contribution in [3.8, 4) is 0 Å². The number of hydrogen-bond donors (Lipinski definition) is 1. The highest BCUT2D eigenvalue weighted by molar-refractivity contribution is 4.75. The highest BCUT2D eigenvalue weighted by atomic mass is 16.3. The largest absolute Gasteiger partial charge is 0.396 e. The molecule has 0 aromatic carbocycles. The second-order valence-electron chi connectivity index (χ2n) is 3.75. The molecule has 0 amide bonds. The van der Waals surface area contributed by atoms with Gasteiger partial charge in [0.1, 0.15) is 0 Å². The summed E-state index contributed by atoms with van der Waals surface area (Å²) < 4.78 is 0. The van der Waals surface area contributed by atoms with Crippen molar-refractivity contribution in [3.63, 3.8) is 0 Å². The molecule has 13 heavy (non-hydrogen) atoms. The lowest BCUT2D eigenvalue weighted by Crippen LogP contribution is -2.21. The molecule has 1 N–H and O–H groups in total. The van der Waals surface area contributed by atoms with Crippen LogP contribution in [-0.2, 0) is 0 Å². The molecule has 0 spiro atoms. The zero-order valence-electron chi connectivity index (χ0n) is 8.86. The van der Waals surface area contributed by atoms with E-state index in [4.69, 9.17) is 5.11 Å². The fourth-order valence-electron chi connectivity index (χ4n) is 1.46. The molecule has 0 aliphatic rings. The van der Waals surface area contributed by atoms with Gasteiger partial charge >= 0.3 is 0 Å². The minimum Gasteiger partial charge on any atom is -0.396 e. The summed E-state index contributed by atoms with van der Waals surface area (Å²) in [5, 5.41) is 12.0. The summed E-state index contributed by atoms with van der Waals surface area (Å²) in [6, 6.07) is -0.213. The number of hydrogen-bond acceptors (Lipinski definition) is 3. The van der Waals surface area contributed by atoms with Gasteiger partial charge in [0.05, 0.1) is 6.04 Å². The molecule has 0 bridgehead atoms. The zero-order valence-corrected chi connectivity index (χ0v) is 8.86.